The average molecular weight is 509 g/mol. The largest absolute Gasteiger partial charge is 0.469 e. The minimum absolute atomic E-state index is 0.00716. The van der Waals surface area contributed by atoms with Crippen LogP contribution in [0.25, 0.3) is 0 Å². The molecule has 2 N–H and O–H groups in total. The second-order valence-corrected chi connectivity index (χ2v) is 14.0. The van der Waals surface area contributed by atoms with Crippen LogP contribution in [0.2, 0.25) is 0 Å². The van der Waals surface area contributed by atoms with E-state index >= 15 is 4.39 Å². The van der Waals surface area contributed by atoms with E-state index in [2.05, 4.69) is 0 Å². The van der Waals surface area contributed by atoms with Crippen molar-refractivity contribution in [3.63, 3.8) is 0 Å². The first-order valence-corrected chi connectivity index (χ1v) is 13.3. The molecule has 4 rings (SSSR count). The van der Waals surface area contributed by atoms with Gasteiger partial charge in [0.2, 0.25) is 0 Å². The summed E-state index contributed by atoms with van der Waals surface area (Å²) in [4.78, 5) is 38.6. The first kappa shape index (κ1) is 26.6. The molecule has 194 valence electrons. The summed E-state index contributed by atoms with van der Waals surface area (Å²) in [6.07, 6.45) is 3.63. The van der Waals surface area contributed by atoms with Crippen LogP contribution in [0.5, 0.6) is 0 Å². The van der Waals surface area contributed by atoms with E-state index in [9.17, 15) is 24.6 Å². The standard InChI is InChI=1S/C27H37FO6S/c1-23(2,3)35-14-21(31)27(33)19(22(32)34-6)12-18-17-8-7-15-11-16(29)9-10-24(15,4)26(17,28)20(30)13-25(18,27)5/h9-11,17-20,30,33H,7-8,12-14H2,1-6H3/t17-,18-,19?,20?,24-,25-,26-,27-/m0/s1. The van der Waals surface area contributed by atoms with Crippen LogP contribution in [-0.4, -0.2) is 62.7 Å². The van der Waals surface area contributed by atoms with Crippen molar-refractivity contribution in [2.75, 3.05) is 12.9 Å². The average Bonchev–Trinajstić information content (AvgIpc) is 3.01. The van der Waals surface area contributed by atoms with Gasteiger partial charge in [0.05, 0.1) is 24.9 Å². The Morgan fingerprint density at radius 3 is 2.51 bits per heavy atom. The highest BCUT2D eigenvalue weighted by Gasteiger charge is 2.77. The van der Waals surface area contributed by atoms with Gasteiger partial charge >= 0.3 is 5.97 Å². The molecule has 4 aliphatic carbocycles. The number of thioether (sulfide) groups is 1. The Kier molecular flexibility index (Phi) is 6.26. The Hall–Kier alpha value is -1.51. The van der Waals surface area contributed by atoms with Crippen molar-refractivity contribution in [2.24, 2.45) is 28.6 Å². The van der Waals surface area contributed by atoms with Gasteiger partial charge in [-0.25, -0.2) is 4.39 Å². The number of fused-ring (bicyclic) bond motifs is 5. The van der Waals surface area contributed by atoms with Gasteiger partial charge in [0.1, 0.15) is 5.60 Å². The zero-order chi connectivity index (χ0) is 26.2. The predicted octanol–water partition coefficient (Wildman–Crippen LogP) is 3.59. The van der Waals surface area contributed by atoms with E-state index in [1.54, 1.807) is 19.9 Å². The van der Waals surface area contributed by atoms with Gasteiger partial charge in [0, 0.05) is 21.5 Å². The summed E-state index contributed by atoms with van der Waals surface area (Å²) in [6, 6.07) is 0. The lowest BCUT2D eigenvalue weighted by Gasteiger charge is -2.62. The second kappa shape index (κ2) is 8.25. The van der Waals surface area contributed by atoms with E-state index in [1.165, 1.54) is 31.0 Å². The topological polar surface area (TPSA) is 101 Å². The van der Waals surface area contributed by atoms with E-state index < -0.39 is 57.7 Å². The van der Waals surface area contributed by atoms with Crippen LogP contribution < -0.4 is 0 Å². The van der Waals surface area contributed by atoms with Gasteiger partial charge in [0.25, 0.3) is 0 Å². The Morgan fingerprint density at radius 2 is 1.91 bits per heavy atom. The monoisotopic (exact) mass is 508 g/mol. The number of aliphatic hydroxyl groups excluding tert-OH is 1. The summed E-state index contributed by atoms with van der Waals surface area (Å²) >= 11 is 1.38. The number of hydrogen-bond acceptors (Lipinski definition) is 7. The predicted molar refractivity (Wildman–Crippen MR) is 131 cm³/mol. The first-order chi connectivity index (χ1) is 16.1. The summed E-state index contributed by atoms with van der Waals surface area (Å²) in [7, 11) is 1.22. The van der Waals surface area contributed by atoms with Crippen molar-refractivity contribution in [1.29, 1.82) is 0 Å². The molecule has 8 atom stereocenters. The van der Waals surface area contributed by atoms with Crippen LogP contribution >= 0.6 is 11.8 Å². The number of aliphatic hydroxyl groups is 2. The van der Waals surface area contributed by atoms with Crippen LogP contribution in [0.15, 0.2) is 23.8 Å². The van der Waals surface area contributed by atoms with Crippen molar-refractivity contribution >= 4 is 29.3 Å². The molecule has 3 fully saturated rings. The van der Waals surface area contributed by atoms with Gasteiger partial charge in [-0.15, -0.1) is 11.8 Å². The van der Waals surface area contributed by atoms with Crippen LogP contribution in [-0.2, 0) is 19.1 Å². The molecule has 4 aliphatic rings. The number of rotatable bonds is 4. The molecule has 3 saturated carbocycles. The van der Waals surface area contributed by atoms with Crippen molar-refractivity contribution < 1.29 is 33.7 Å². The van der Waals surface area contributed by atoms with Gasteiger partial charge in [0.15, 0.2) is 17.2 Å². The lowest BCUT2D eigenvalue weighted by molar-refractivity contribution is -0.219. The fourth-order valence-corrected chi connectivity index (χ4v) is 8.35. The Balaban J connectivity index is 1.80. The zero-order valence-electron chi connectivity index (χ0n) is 21.4. The van der Waals surface area contributed by atoms with Crippen LogP contribution in [0.1, 0.15) is 60.3 Å². The highest BCUT2D eigenvalue weighted by molar-refractivity contribution is 8.01. The van der Waals surface area contributed by atoms with Gasteiger partial charge in [-0.2, -0.15) is 0 Å². The van der Waals surface area contributed by atoms with Gasteiger partial charge in [-0.05, 0) is 50.7 Å². The van der Waals surface area contributed by atoms with E-state index in [0.29, 0.717) is 18.4 Å². The lowest BCUT2D eigenvalue weighted by atomic mass is 9.44. The lowest BCUT2D eigenvalue weighted by Crippen LogP contribution is -2.69. The van der Waals surface area contributed by atoms with Gasteiger partial charge in [-0.1, -0.05) is 39.3 Å². The number of hydrogen-bond donors (Lipinski definition) is 2. The van der Waals surface area contributed by atoms with Crippen LogP contribution in [0, 0.1) is 28.6 Å². The third-order valence-corrected chi connectivity index (χ3v) is 10.7. The van der Waals surface area contributed by atoms with Crippen molar-refractivity contribution in [2.45, 2.75) is 82.4 Å². The smallest absolute Gasteiger partial charge is 0.312 e. The molecule has 0 heterocycles. The van der Waals surface area contributed by atoms with Crippen molar-refractivity contribution in [1.82, 2.24) is 0 Å². The van der Waals surface area contributed by atoms with Crippen LogP contribution in [0.3, 0.4) is 0 Å². The maximum Gasteiger partial charge on any atom is 0.312 e. The minimum Gasteiger partial charge on any atom is -0.469 e. The highest BCUT2D eigenvalue weighted by Crippen LogP contribution is 2.71. The third kappa shape index (κ3) is 3.53. The molecule has 0 aromatic carbocycles. The van der Waals surface area contributed by atoms with E-state index in [1.807, 2.05) is 20.8 Å². The number of alkyl halides is 1. The van der Waals surface area contributed by atoms with E-state index in [0.717, 1.165) is 0 Å². The molecule has 0 bridgehead atoms. The molecular weight excluding hydrogens is 471 g/mol. The molecule has 0 aliphatic heterocycles. The molecule has 0 aromatic heterocycles. The molecule has 0 amide bonds. The number of Topliss-reactive ketones (excluding diaryl/α,β-unsaturated/α-hetero) is 1. The molecule has 6 nitrogen and oxygen atoms in total. The highest BCUT2D eigenvalue weighted by atomic mass is 32.2. The van der Waals surface area contributed by atoms with E-state index in [-0.39, 0.29) is 29.1 Å². The number of ether oxygens (including phenoxy) is 1. The van der Waals surface area contributed by atoms with Crippen molar-refractivity contribution in [3.05, 3.63) is 23.8 Å². The minimum atomic E-state index is -2.10. The van der Waals surface area contributed by atoms with Gasteiger partial charge in [-0.3, -0.25) is 14.4 Å². The number of carbonyl (C=O) groups excluding carboxylic acids is 3. The second-order valence-electron chi connectivity index (χ2n) is 12.2. The summed E-state index contributed by atoms with van der Waals surface area (Å²) < 4.78 is 22.1. The molecule has 0 spiro atoms. The molecule has 0 aromatic rings. The normalized spacial score (nSPS) is 44.7. The molecule has 2 unspecified atom stereocenters. The summed E-state index contributed by atoms with van der Waals surface area (Å²) in [5.74, 6) is -3.76. The maximum atomic E-state index is 17.3. The van der Waals surface area contributed by atoms with Crippen molar-refractivity contribution in [3.8, 4) is 0 Å². The number of carbonyl (C=O) groups is 3. The fraction of sp³-hybridized carbons (Fsp3) is 0.741. The van der Waals surface area contributed by atoms with Gasteiger partial charge < -0.3 is 14.9 Å². The van der Waals surface area contributed by atoms with E-state index in [4.69, 9.17) is 4.74 Å². The number of ketones is 2. The molecular formula is C27H37FO6S. The fourth-order valence-electron chi connectivity index (χ4n) is 7.57. The first-order valence-electron chi connectivity index (χ1n) is 12.3. The summed E-state index contributed by atoms with van der Waals surface area (Å²) in [5.41, 5.74) is -5.93. The third-order valence-electron chi connectivity index (χ3n) is 9.44. The molecule has 0 saturated heterocycles. The maximum absolute atomic E-state index is 17.3. The quantitative estimate of drug-likeness (QED) is 0.560. The number of methoxy groups -OCH3 is 1. The Labute approximate surface area is 210 Å². The molecule has 35 heavy (non-hydrogen) atoms. The SMILES string of the molecule is COC(=O)C1C[C@H]2[C@@H]3CCC4=CC(=O)C=C[C@]4(C)[C@@]3(F)C(O)C[C@]2(C)[C@@]1(O)C(=O)CSC(C)(C)C. The summed E-state index contributed by atoms with van der Waals surface area (Å²) in [5, 5.41) is 23.6. The summed E-state index contributed by atoms with van der Waals surface area (Å²) in [6.45, 7) is 9.32. The Bertz CT molecular complexity index is 1020. The zero-order valence-corrected chi connectivity index (χ0v) is 22.2. The Morgan fingerprint density at radius 1 is 1.26 bits per heavy atom. The molecule has 8 heteroatoms. The van der Waals surface area contributed by atoms with Crippen LogP contribution in [0.4, 0.5) is 4.39 Å². The number of halogens is 1. The number of allylic oxidation sites excluding steroid dienone is 4. The number of esters is 1. The molecule has 0 radical (unpaired) electrons.